The highest BCUT2D eigenvalue weighted by Crippen LogP contribution is 2.24. The van der Waals surface area contributed by atoms with Crippen LogP contribution in [0.4, 0.5) is 4.39 Å². The normalized spacial score (nSPS) is 16.1. The molecule has 1 fully saturated rings. The van der Waals surface area contributed by atoms with Crippen LogP contribution in [0.1, 0.15) is 28.8 Å². The van der Waals surface area contributed by atoms with Gasteiger partial charge in [-0.3, -0.25) is 9.69 Å². The molecular formula is C20H22FNO2. The van der Waals surface area contributed by atoms with Crippen LogP contribution in [-0.4, -0.2) is 30.9 Å². The van der Waals surface area contributed by atoms with E-state index in [1.807, 2.05) is 36.4 Å². The van der Waals surface area contributed by atoms with Gasteiger partial charge in [-0.25, -0.2) is 4.39 Å². The number of rotatable bonds is 5. The summed E-state index contributed by atoms with van der Waals surface area (Å²) in [5, 5.41) is 0. The van der Waals surface area contributed by atoms with Crippen molar-refractivity contribution in [2.45, 2.75) is 19.4 Å². The molecule has 0 saturated carbocycles. The van der Waals surface area contributed by atoms with E-state index >= 15 is 0 Å². The molecule has 0 aromatic heterocycles. The quantitative estimate of drug-likeness (QED) is 0.779. The number of carbonyl (C=O) groups is 1. The topological polar surface area (TPSA) is 29.5 Å². The minimum atomic E-state index is -0.158. The number of likely N-dealkylation sites (tertiary alicyclic amines) is 1. The molecule has 1 heterocycles. The summed E-state index contributed by atoms with van der Waals surface area (Å²) in [6.07, 6.45) is 1.64. The molecule has 2 aromatic rings. The third-order valence-corrected chi connectivity index (χ3v) is 4.68. The minimum Gasteiger partial charge on any atom is -0.497 e. The monoisotopic (exact) mass is 327 g/mol. The van der Waals surface area contributed by atoms with Crippen LogP contribution >= 0.6 is 0 Å². The molecule has 2 aromatic carbocycles. The number of carbonyl (C=O) groups excluding carboxylic acids is 1. The van der Waals surface area contributed by atoms with Crippen LogP contribution < -0.4 is 4.74 Å². The van der Waals surface area contributed by atoms with E-state index in [0.29, 0.717) is 6.54 Å². The SMILES string of the molecule is COc1ccc(C(=O)C2CCN(Cc3ccccc3F)CC2)cc1. The summed E-state index contributed by atoms with van der Waals surface area (Å²) < 4.78 is 18.9. The fourth-order valence-electron chi connectivity index (χ4n) is 3.21. The zero-order valence-corrected chi connectivity index (χ0v) is 13.9. The molecule has 3 nitrogen and oxygen atoms in total. The number of ketones is 1. The van der Waals surface area contributed by atoms with Gasteiger partial charge in [0.25, 0.3) is 0 Å². The molecule has 1 aliphatic heterocycles. The fraction of sp³-hybridized carbons (Fsp3) is 0.350. The Morgan fingerprint density at radius 2 is 1.79 bits per heavy atom. The maximum absolute atomic E-state index is 13.7. The van der Waals surface area contributed by atoms with Crippen LogP contribution in [0, 0.1) is 11.7 Å². The minimum absolute atomic E-state index is 0.0512. The molecule has 0 radical (unpaired) electrons. The first-order chi connectivity index (χ1) is 11.7. The van der Waals surface area contributed by atoms with Crippen molar-refractivity contribution in [1.29, 1.82) is 0 Å². The molecule has 3 rings (SSSR count). The molecule has 0 N–H and O–H groups in total. The number of benzene rings is 2. The Morgan fingerprint density at radius 1 is 1.12 bits per heavy atom. The molecule has 0 aliphatic carbocycles. The number of methoxy groups -OCH3 is 1. The zero-order valence-electron chi connectivity index (χ0n) is 13.9. The van der Waals surface area contributed by atoms with Gasteiger partial charge in [-0.15, -0.1) is 0 Å². The van der Waals surface area contributed by atoms with Crippen LogP contribution in [0.2, 0.25) is 0 Å². The lowest BCUT2D eigenvalue weighted by Gasteiger charge is -2.31. The van der Waals surface area contributed by atoms with E-state index in [2.05, 4.69) is 4.90 Å². The van der Waals surface area contributed by atoms with Crippen LogP contribution in [0.15, 0.2) is 48.5 Å². The van der Waals surface area contributed by atoms with E-state index in [0.717, 1.165) is 42.8 Å². The van der Waals surface area contributed by atoms with Crippen molar-refractivity contribution in [3.63, 3.8) is 0 Å². The number of hydrogen-bond donors (Lipinski definition) is 0. The number of Topliss-reactive ketones (excluding diaryl/α,β-unsaturated/α-hetero) is 1. The summed E-state index contributed by atoms with van der Waals surface area (Å²) >= 11 is 0. The van der Waals surface area contributed by atoms with Crippen LogP contribution in [0.5, 0.6) is 5.75 Å². The van der Waals surface area contributed by atoms with Crippen molar-refractivity contribution in [3.05, 3.63) is 65.5 Å². The Labute approximate surface area is 142 Å². The summed E-state index contributed by atoms with van der Waals surface area (Å²) in [7, 11) is 1.61. The van der Waals surface area contributed by atoms with Gasteiger partial charge >= 0.3 is 0 Å². The Balaban J connectivity index is 1.56. The average Bonchev–Trinajstić information content (AvgIpc) is 2.64. The number of hydrogen-bond acceptors (Lipinski definition) is 3. The predicted octanol–water partition coefficient (Wildman–Crippen LogP) is 3.93. The Kier molecular flexibility index (Phi) is 5.26. The highest BCUT2D eigenvalue weighted by atomic mass is 19.1. The van der Waals surface area contributed by atoms with Crippen molar-refractivity contribution >= 4 is 5.78 Å². The van der Waals surface area contributed by atoms with Gasteiger partial charge in [0, 0.05) is 23.6 Å². The predicted molar refractivity (Wildman–Crippen MR) is 91.7 cm³/mol. The van der Waals surface area contributed by atoms with Gasteiger partial charge in [0.2, 0.25) is 0 Å². The second-order valence-corrected chi connectivity index (χ2v) is 6.23. The Hall–Kier alpha value is -2.20. The van der Waals surface area contributed by atoms with Gasteiger partial charge in [-0.2, -0.15) is 0 Å². The molecule has 126 valence electrons. The second-order valence-electron chi connectivity index (χ2n) is 6.23. The standard InChI is InChI=1S/C20H22FNO2/c1-24-18-8-6-15(7-9-18)20(23)16-10-12-22(13-11-16)14-17-4-2-3-5-19(17)21/h2-9,16H,10-14H2,1H3. The zero-order chi connectivity index (χ0) is 16.9. The molecule has 0 atom stereocenters. The average molecular weight is 327 g/mol. The van der Waals surface area contributed by atoms with Gasteiger partial charge in [-0.1, -0.05) is 18.2 Å². The maximum atomic E-state index is 13.7. The Bertz CT molecular complexity index is 691. The van der Waals surface area contributed by atoms with Crippen molar-refractivity contribution in [3.8, 4) is 5.75 Å². The highest BCUT2D eigenvalue weighted by molar-refractivity contribution is 5.98. The van der Waals surface area contributed by atoms with Crippen LogP contribution in [0.25, 0.3) is 0 Å². The van der Waals surface area contributed by atoms with E-state index in [1.54, 1.807) is 13.2 Å². The third-order valence-electron chi connectivity index (χ3n) is 4.68. The fourth-order valence-corrected chi connectivity index (χ4v) is 3.21. The molecule has 4 heteroatoms. The van der Waals surface area contributed by atoms with Crippen LogP contribution in [-0.2, 0) is 6.54 Å². The smallest absolute Gasteiger partial charge is 0.166 e. The van der Waals surface area contributed by atoms with Gasteiger partial charge in [0.1, 0.15) is 11.6 Å². The number of nitrogens with zero attached hydrogens (tertiary/aromatic N) is 1. The van der Waals surface area contributed by atoms with Gasteiger partial charge in [-0.05, 0) is 56.3 Å². The van der Waals surface area contributed by atoms with Crippen molar-refractivity contribution < 1.29 is 13.9 Å². The van der Waals surface area contributed by atoms with E-state index in [-0.39, 0.29) is 17.5 Å². The summed E-state index contributed by atoms with van der Waals surface area (Å²) in [5.41, 5.74) is 1.46. The molecule has 0 amide bonds. The van der Waals surface area contributed by atoms with Crippen molar-refractivity contribution in [2.75, 3.05) is 20.2 Å². The van der Waals surface area contributed by atoms with E-state index < -0.39 is 0 Å². The molecule has 1 aliphatic rings. The lowest BCUT2D eigenvalue weighted by Crippen LogP contribution is -2.36. The first kappa shape index (κ1) is 16.7. The highest BCUT2D eigenvalue weighted by Gasteiger charge is 2.26. The molecule has 0 bridgehead atoms. The molecule has 1 saturated heterocycles. The number of ether oxygens (including phenoxy) is 1. The number of piperidine rings is 1. The summed E-state index contributed by atoms with van der Waals surface area (Å²) in [4.78, 5) is 14.8. The summed E-state index contributed by atoms with van der Waals surface area (Å²) in [5.74, 6) is 0.846. The number of halogens is 1. The van der Waals surface area contributed by atoms with Gasteiger partial charge in [0.15, 0.2) is 5.78 Å². The molecule has 24 heavy (non-hydrogen) atoms. The first-order valence-corrected chi connectivity index (χ1v) is 8.31. The van der Waals surface area contributed by atoms with Crippen molar-refractivity contribution in [2.24, 2.45) is 5.92 Å². The molecule has 0 spiro atoms. The third kappa shape index (κ3) is 3.82. The van der Waals surface area contributed by atoms with Crippen LogP contribution in [0.3, 0.4) is 0 Å². The lowest BCUT2D eigenvalue weighted by atomic mass is 9.88. The van der Waals surface area contributed by atoms with E-state index in [4.69, 9.17) is 4.74 Å². The summed E-state index contributed by atoms with van der Waals surface area (Å²) in [6, 6.07) is 14.2. The Morgan fingerprint density at radius 3 is 2.42 bits per heavy atom. The van der Waals surface area contributed by atoms with E-state index in [1.165, 1.54) is 6.07 Å². The molecule has 0 unspecified atom stereocenters. The van der Waals surface area contributed by atoms with Crippen molar-refractivity contribution in [1.82, 2.24) is 4.90 Å². The van der Waals surface area contributed by atoms with E-state index in [9.17, 15) is 9.18 Å². The lowest BCUT2D eigenvalue weighted by molar-refractivity contribution is 0.0834. The second kappa shape index (κ2) is 7.58. The van der Waals surface area contributed by atoms with Gasteiger partial charge < -0.3 is 4.74 Å². The molecular weight excluding hydrogens is 305 g/mol. The maximum Gasteiger partial charge on any atom is 0.166 e. The summed E-state index contributed by atoms with van der Waals surface area (Å²) in [6.45, 7) is 2.25. The van der Waals surface area contributed by atoms with Gasteiger partial charge in [0.05, 0.1) is 7.11 Å². The first-order valence-electron chi connectivity index (χ1n) is 8.31. The largest absolute Gasteiger partial charge is 0.497 e.